The van der Waals surface area contributed by atoms with Crippen LogP contribution in [0.2, 0.25) is 0 Å². The van der Waals surface area contributed by atoms with Gasteiger partial charge < -0.3 is 4.74 Å². The van der Waals surface area contributed by atoms with E-state index < -0.39 is 0 Å². The first kappa shape index (κ1) is 13.3. The van der Waals surface area contributed by atoms with Gasteiger partial charge in [0.25, 0.3) is 0 Å². The van der Waals surface area contributed by atoms with E-state index in [1.165, 1.54) is 22.3 Å². The van der Waals surface area contributed by atoms with E-state index in [0.29, 0.717) is 12.5 Å². The van der Waals surface area contributed by atoms with Gasteiger partial charge in [-0.05, 0) is 35.6 Å². The normalized spacial score (nSPS) is 24.3. The maximum absolute atomic E-state index is 11.8. The van der Waals surface area contributed by atoms with Crippen LogP contribution in [0.1, 0.15) is 41.5 Å². The van der Waals surface area contributed by atoms with Crippen LogP contribution in [0.15, 0.2) is 60.7 Å². The molecule has 110 valence electrons. The number of carbonyl (C=O) groups excluding carboxylic acids is 1. The number of fused-ring (bicyclic) bond motifs is 8. The lowest BCUT2D eigenvalue weighted by atomic mass is 9.75. The van der Waals surface area contributed by atoms with Crippen molar-refractivity contribution in [2.24, 2.45) is 0 Å². The Kier molecular flexibility index (Phi) is 2.93. The first-order valence-corrected chi connectivity index (χ1v) is 7.81. The lowest BCUT2D eigenvalue weighted by Crippen LogP contribution is -2.21. The number of esters is 1. The third-order valence-corrected chi connectivity index (χ3v) is 4.95. The molecule has 22 heavy (non-hydrogen) atoms. The summed E-state index contributed by atoms with van der Waals surface area (Å²) in [7, 11) is 0. The Labute approximate surface area is 130 Å². The van der Waals surface area contributed by atoms with Crippen molar-refractivity contribution in [2.45, 2.75) is 24.7 Å². The van der Waals surface area contributed by atoms with E-state index in [4.69, 9.17) is 4.74 Å². The third-order valence-electron chi connectivity index (χ3n) is 4.95. The molecule has 2 aromatic carbocycles. The van der Waals surface area contributed by atoms with Crippen LogP contribution in [0.25, 0.3) is 0 Å². The summed E-state index contributed by atoms with van der Waals surface area (Å²) in [5.74, 6) is 0.182. The highest BCUT2D eigenvalue weighted by atomic mass is 16.5. The minimum atomic E-state index is -0.262. The molecule has 0 aromatic heterocycles. The zero-order valence-corrected chi connectivity index (χ0v) is 12.6. The predicted molar refractivity (Wildman–Crippen MR) is 85.9 cm³/mol. The van der Waals surface area contributed by atoms with Crippen molar-refractivity contribution in [1.82, 2.24) is 0 Å². The molecule has 0 aliphatic heterocycles. The van der Waals surface area contributed by atoms with Crippen LogP contribution < -0.4 is 0 Å². The molecule has 0 amide bonds. The summed E-state index contributed by atoms with van der Waals surface area (Å²) in [6.45, 7) is 2.24. The summed E-state index contributed by atoms with van der Waals surface area (Å²) in [5.41, 5.74) is 5.29. The van der Waals surface area contributed by atoms with Gasteiger partial charge in [0, 0.05) is 17.4 Å². The smallest absolute Gasteiger partial charge is 0.330 e. The highest BCUT2D eigenvalue weighted by Gasteiger charge is 2.50. The molecule has 2 aliphatic carbocycles. The lowest BCUT2D eigenvalue weighted by molar-refractivity contribution is -0.137. The summed E-state index contributed by atoms with van der Waals surface area (Å²) in [6.07, 6.45) is 4.67. The molecule has 0 saturated carbocycles. The molecule has 2 heteroatoms. The highest BCUT2D eigenvalue weighted by Crippen LogP contribution is 2.60. The summed E-state index contributed by atoms with van der Waals surface area (Å²) in [4.78, 5) is 11.8. The molecule has 2 aromatic rings. The highest BCUT2D eigenvalue weighted by molar-refractivity contribution is 5.83. The Morgan fingerprint density at radius 2 is 1.73 bits per heavy atom. The number of allylic oxidation sites excluding steroid dienone is 1. The fraction of sp³-hybridized carbons (Fsp3) is 0.250. The Bertz CT molecular complexity index is 725. The number of carbonyl (C=O) groups is 1. The van der Waals surface area contributed by atoms with E-state index in [-0.39, 0.29) is 11.4 Å². The van der Waals surface area contributed by atoms with Crippen LogP contribution in [-0.4, -0.2) is 12.6 Å². The monoisotopic (exact) mass is 290 g/mol. The van der Waals surface area contributed by atoms with Crippen LogP contribution in [0.5, 0.6) is 0 Å². The SMILES string of the molecule is CCOC(=O)C=CC12CC(c3ccccc31)c1ccccc12. The van der Waals surface area contributed by atoms with Crippen molar-refractivity contribution >= 4 is 5.97 Å². The quantitative estimate of drug-likeness (QED) is 0.632. The fourth-order valence-corrected chi connectivity index (χ4v) is 4.14. The molecule has 2 bridgehead atoms. The molecular weight excluding hydrogens is 272 g/mol. The van der Waals surface area contributed by atoms with Crippen molar-refractivity contribution in [2.75, 3.05) is 6.61 Å². The Morgan fingerprint density at radius 1 is 1.14 bits per heavy atom. The number of hydrogen-bond donors (Lipinski definition) is 0. The van der Waals surface area contributed by atoms with Gasteiger partial charge in [-0.15, -0.1) is 0 Å². The number of hydrogen-bond acceptors (Lipinski definition) is 2. The summed E-state index contributed by atoms with van der Waals surface area (Å²) >= 11 is 0. The van der Waals surface area contributed by atoms with E-state index in [2.05, 4.69) is 54.6 Å². The van der Waals surface area contributed by atoms with E-state index in [0.717, 1.165) is 6.42 Å². The van der Waals surface area contributed by atoms with Crippen LogP contribution in [0, 0.1) is 0 Å². The minimum absolute atomic E-state index is 0.176. The largest absolute Gasteiger partial charge is 0.463 e. The number of ether oxygens (including phenoxy) is 1. The van der Waals surface area contributed by atoms with Gasteiger partial charge in [-0.1, -0.05) is 54.6 Å². The molecule has 0 fully saturated rings. The average molecular weight is 290 g/mol. The first-order valence-electron chi connectivity index (χ1n) is 7.81. The van der Waals surface area contributed by atoms with Gasteiger partial charge in [0.1, 0.15) is 0 Å². The van der Waals surface area contributed by atoms with E-state index in [1.54, 1.807) is 6.08 Å². The van der Waals surface area contributed by atoms with Crippen molar-refractivity contribution < 1.29 is 9.53 Å². The van der Waals surface area contributed by atoms with Crippen molar-refractivity contribution in [3.8, 4) is 0 Å². The second-order valence-electron chi connectivity index (χ2n) is 5.99. The zero-order chi connectivity index (χ0) is 15.2. The molecule has 0 unspecified atom stereocenters. The second kappa shape index (κ2) is 4.84. The molecule has 0 atom stereocenters. The van der Waals surface area contributed by atoms with Gasteiger partial charge in [-0.2, -0.15) is 0 Å². The van der Waals surface area contributed by atoms with Gasteiger partial charge >= 0.3 is 5.97 Å². The molecule has 0 heterocycles. The number of rotatable bonds is 3. The Morgan fingerprint density at radius 3 is 2.32 bits per heavy atom. The molecule has 0 spiro atoms. The van der Waals surface area contributed by atoms with Crippen LogP contribution in [-0.2, 0) is 14.9 Å². The standard InChI is InChI=1S/C20H18O2/c1-2-22-19(21)11-12-20-13-16(14-7-3-5-9-17(14)20)15-8-4-6-10-18(15)20/h3-12,16H,2,13H2,1H3. The van der Waals surface area contributed by atoms with E-state index in [1.807, 2.05) is 6.92 Å². The predicted octanol–water partition coefficient (Wildman–Crippen LogP) is 3.94. The number of benzene rings is 2. The third kappa shape index (κ3) is 1.70. The maximum atomic E-state index is 11.8. The van der Waals surface area contributed by atoms with Crippen LogP contribution in [0.4, 0.5) is 0 Å². The molecular formula is C20H18O2. The van der Waals surface area contributed by atoms with Crippen molar-refractivity contribution in [3.05, 3.63) is 82.9 Å². The average Bonchev–Trinajstić information content (AvgIpc) is 3.06. The first-order chi connectivity index (χ1) is 10.8. The second-order valence-corrected chi connectivity index (χ2v) is 5.99. The summed E-state index contributed by atoms with van der Waals surface area (Å²) < 4.78 is 5.05. The van der Waals surface area contributed by atoms with E-state index >= 15 is 0 Å². The fourth-order valence-electron chi connectivity index (χ4n) is 4.14. The molecule has 0 radical (unpaired) electrons. The van der Waals surface area contributed by atoms with Gasteiger partial charge in [-0.3, -0.25) is 0 Å². The van der Waals surface area contributed by atoms with Gasteiger partial charge in [0.05, 0.1) is 6.61 Å². The molecule has 0 N–H and O–H groups in total. The van der Waals surface area contributed by atoms with Crippen LogP contribution >= 0.6 is 0 Å². The van der Waals surface area contributed by atoms with Crippen molar-refractivity contribution in [1.29, 1.82) is 0 Å². The maximum Gasteiger partial charge on any atom is 0.330 e. The molecule has 4 rings (SSSR count). The van der Waals surface area contributed by atoms with Gasteiger partial charge in [-0.25, -0.2) is 4.79 Å². The topological polar surface area (TPSA) is 26.3 Å². The molecule has 0 saturated heterocycles. The van der Waals surface area contributed by atoms with Crippen LogP contribution in [0.3, 0.4) is 0 Å². The van der Waals surface area contributed by atoms with Gasteiger partial charge in [0.2, 0.25) is 0 Å². The van der Waals surface area contributed by atoms with Crippen molar-refractivity contribution in [3.63, 3.8) is 0 Å². The zero-order valence-electron chi connectivity index (χ0n) is 12.6. The minimum Gasteiger partial charge on any atom is -0.463 e. The Balaban J connectivity index is 1.86. The molecule has 2 aliphatic rings. The molecule has 2 nitrogen and oxygen atoms in total. The summed E-state index contributed by atoms with van der Waals surface area (Å²) in [5, 5.41) is 0. The lowest BCUT2D eigenvalue weighted by Gasteiger charge is -2.28. The van der Waals surface area contributed by atoms with Gasteiger partial charge in [0.15, 0.2) is 0 Å². The van der Waals surface area contributed by atoms with E-state index in [9.17, 15) is 4.79 Å². The Hall–Kier alpha value is -2.35. The summed E-state index contributed by atoms with van der Waals surface area (Å²) in [6, 6.07) is 17.2.